The van der Waals surface area contributed by atoms with Crippen molar-refractivity contribution < 1.29 is 19.1 Å². The summed E-state index contributed by atoms with van der Waals surface area (Å²) in [6, 6.07) is 10.00. The Balaban J connectivity index is 1.48. The molecule has 188 valence electrons. The second-order valence-corrected chi connectivity index (χ2v) is 11.0. The van der Waals surface area contributed by atoms with Gasteiger partial charge in [0, 0.05) is 35.6 Å². The van der Waals surface area contributed by atoms with Gasteiger partial charge in [-0.25, -0.2) is 4.39 Å². The smallest absolute Gasteiger partial charge is 0.255 e. The molecule has 2 aromatic carbocycles. The second kappa shape index (κ2) is 10.4. The summed E-state index contributed by atoms with van der Waals surface area (Å²) in [7, 11) is 0. The van der Waals surface area contributed by atoms with Crippen LogP contribution in [-0.2, 0) is 4.74 Å². The van der Waals surface area contributed by atoms with Gasteiger partial charge in [-0.1, -0.05) is 32.0 Å². The molecule has 4 rings (SSSR count). The number of benzene rings is 2. The van der Waals surface area contributed by atoms with E-state index in [0.717, 1.165) is 36.8 Å². The van der Waals surface area contributed by atoms with Crippen LogP contribution in [-0.4, -0.2) is 42.1 Å². The van der Waals surface area contributed by atoms with Gasteiger partial charge in [0.25, 0.3) is 5.91 Å². The average Bonchev–Trinajstić information content (AvgIpc) is 3.14. The second-order valence-electron chi connectivity index (χ2n) is 11.0. The summed E-state index contributed by atoms with van der Waals surface area (Å²) in [5.74, 6) is -0.823. The van der Waals surface area contributed by atoms with Crippen LogP contribution in [0.15, 0.2) is 41.6 Å². The van der Waals surface area contributed by atoms with Gasteiger partial charge in [0.05, 0.1) is 17.9 Å². The van der Waals surface area contributed by atoms with Crippen molar-refractivity contribution in [3.8, 4) is 0 Å². The zero-order valence-electron chi connectivity index (χ0n) is 21.1. The van der Waals surface area contributed by atoms with Gasteiger partial charge in [-0.3, -0.25) is 4.79 Å². The first-order chi connectivity index (χ1) is 16.6. The standard InChI is InChI=1S/C28H36FN3O3/c1-18-7-8-21(15-25(18)26(31-34)6-5-11-28(2,3)4)30-27(33)19-12-20(29)14-22(13-19)32-16-23-9-10-24(17-32)35-23/h7-8,12-15,23-24,34H,5-6,9-11,16-17H2,1-4H3,(H,30,33)/b31-26+. The van der Waals surface area contributed by atoms with Crippen molar-refractivity contribution >= 4 is 23.0 Å². The molecule has 0 aromatic heterocycles. The van der Waals surface area contributed by atoms with Gasteiger partial charge in [-0.15, -0.1) is 0 Å². The van der Waals surface area contributed by atoms with Crippen molar-refractivity contribution in [1.29, 1.82) is 0 Å². The first kappa shape index (κ1) is 25.2. The Bertz CT molecular complexity index is 1100. The molecular weight excluding hydrogens is 445 g/mol. The Morgan fingerprint density at radius 1 is 1.17 bits per heavy atom. The number of hydrogen-bond donors (Lipinski definition) is 2. The van der Waals surface area contributed by atoms with Crippen LogP contribution in [0.5, 0.6) is 0 Å². The van der Waals surface area contributed by atoms with Crippen LogP contribution in [0, 0.1) is 18.2 Å². The Labute approximate surface area is 207 Å². The van der Waals surface area contributed by atoms with Crippen LogP contribution in [0.4, 0.5) is 15.8 Å². The molecule has 2 heterocycles. The summed E-state index contributed by atoms with van der Waals surface area (Å²) in [5.41, 5.74) is 4.09. The number of fused-ring (bicyclic) bond motifs is 2. The molecule has 35 heavy (non-hydrogen) atoms. The number of morpholine rings is 1. The lowest BCUT2D eigenvalue weighted by molar-refractivity contribution is 0.0305. The van der Waals surface area contributed by atoms with E-state index in [2.05, 4.69) is 36.1 Å². The van der Waals surface area contributed by atoms with Crippen molar-refractivity contribution in [2.75, 3.05) is 23.3 Å². The van der Waals surface area contributed by atoms with Crippen LogP contribution in [0.3, 0.4) is 0 Å². The molecule has 2 fully saturated rings. The molecule has 7 heteroatoms. The van der Waals surface area contributed by atoms with E-state index in [-0.39, 0.29) is 29.1 Å². The number of anilines is 2. The van der Waals surface area contributed by atoms with Gasteiger partial charge in [0.1, 0.15) is 5.82 Å². The minimum Gasteiger partial charge on any atom is -0.411 e. The van der Waals surface area contributed by atoms with E-state index >= 15 is 0 Å². The van der Waals surface area contributed by atoms with Crippen molar-refractivity contribution in [2.45, 2.75) is 72.0 Å². The topological polar surface area (TPSA) is 74.2 Å². The molecule has 0 saturated carbocycles. The highest BCUT2D eigenvalue weighted by Crippen LogP contribution is 2.31. The molecule has 1 amide bonds. The number of nitrogens with zero attached hydrogens (tertiary/aromatic N) is 2. The number of rotatable bonds is 7. The summed E-state index contributed by atoms with van der Waals surface area (Å²) in [5, 5.41) is 16.1. The SMILES string of the molecule is Cc1ccc(NC(=O)c2cc(F)cc(N3CC4CCC(C3)O4)c2)cc1/C(CCCC(C)(C)C)=N/O. The minimum absolute atomic E-state index is 0.172. The number of nitrogens with one attached hydrogen (secondary N) is 1. The van der Waals surface area contributed by atoms with Crippen LogP contribution in [0.1, 0.15) is 74.4 Å². The van der Waals surface area contributed by atoms with Crippen LogP contribution < -0.4 is 10.2 Å². The maximum atomic E-state index is 14.5. The Hall–Kier alpha value is -2.93. The number of carbonyl (C=O) groups is 1. The highest BCUT2D eigenvalue weighted by Gasteiger charge is 2.34. The molecule has 2 saturated heterocycles. The van der Waals surface area contributed by atoms with E-state index in [4.69, 9.17) is 4.74 Å². The predicted octanol–water partition coefficient (Wildman–Crippen LogP) is 6.15. The van der Waals surface area contributed by atoms with Gasteiger partial charge in [0.2, 0.25) is 0 Å². The van der Waals surface area contributed by atoms with Crippen LogP contribution in [0.2, 0.25) is 0 Å². The molecule has 2 aliphatic heterocycles. The third-order valence-electron chi connectivity index (χ3n) is 6.82. The lowest BCUT2D eigenvalue weighted by atomic mass is 9.88. The van der Waals surface area contributed by atoms with E-state index in [0.29, 0.717) is 36.6 Å². The lowest BCUT2D eigenvalue weighted by Crippen LogP contribution is -2.42. The molecule has 6 nitrogen and oxygen atoms in total. The third kappa shape index (κ3) is 6.40. The molecular formula is C28H36FN3O3. The molecule has 2 aliphatic rings. The molecule has 2 unspecified atom stereocenters. The highest BCUT2D eigenvalue weighted by molar-refractivity contribution is 6.06. The van der Waals surface area contributed by atoms with Gasteiger partial charge >= 0.3 is 0 Å². The third-order valence-corrected chi connectivity index (χ3v) is 6.82. The summed E-state index contributed by atoms with van der Waals surface area (Å²) in [6.45, 7) is 9.92. The minimum atomic E-state index is -0.440. The van der Waals surface area contributed by atoms with Gasteiger partial charge in [0.15, 0.2) is 0 Å². The molecule has 0 spiro atoms. The number of halogens is 1. The number of ether oxygens (including phenoxy) is 1. The molecule has 2 N–H and O–H groups in total. The monoisotopic (exact) mass is 481 g/mol. The summed E-state index contributed by atoms with van der Waals surface area (Å²) in [4.78, 5) is 15.2. The average molecular weight is 482 g/mol. The first-order valence-electron chi connectivity index (χ1n) is 12.5. The normalized spacial score (nSPS) is 20.3. The number of oxime groups is 1. The number of aryl methyl sites for hydroxylation is 1. The number of carbonyl (C=O) groups excluding carboxylic acids is 1. The Kier molecular flexibility index (Phi) is 7.45. The zero-order chi connectivity index (χ0) is 25.2. The Morgan fingerprint density at radius 3 is 2.54 bits per heavy atom. The van der Waals surface area contributed by atoms with Crippen molar-refractivity contribution in [3.63, 3.8) is 0 Å². The quantitative estimate of drug-likeness (QED) is 0.283. The molecule has 2 aromatic rings. The van der Waals surface area contributed by atoms with E-state index in [9.17, 15) is 14.4 Å². The van der Waals surface area contributed by atoms with E-state index in [1.807, 2.05) is 19.1 Å². The molecule has 0 aliphatic carbocycles. The fraction of sp³-hybridized carbons (Fsp3) is 0.500. The van der Waals surface area contributed by atoms with E-state index < -0.39 is 5.82 Å². The summed E-state index contributed by atoms with van der Waals surface area (Å²) in [6.07, 6.45) is 4.93. The Morgan fingerprint density at radius 2 is 1.89 bits per heavy atom. The van der Waals surface area contributed by atoms with E-state index in [1.165, 1.54) is 12.1 Å². The zero-order valence-corrected chi connectivity index (χ0v) is 21.1. The van der Waals surface area contributed by atoms with Crippen LogP contribution >= 0.6 is 0 Å². The van der Waals surface area contributed by atoms with Gasteiger partial charge in [-0.2, -0.15) is 0 Å². The maximum Gasteiger partial charge on any atom is 0.255 e. The summed E-state index contributed by atoms with van der Waals surface area (Å²) >= 11 is 0. The fourth-order valence-corrected chi connectivity index (χ4v) is 4.95. The van der Waals surface area contributed by atoms with Crippen molar-refractivity contribution in [2.24, 2.45) is 10.6 Å². The molecule has 2 bridgehead atoms. The first-order valence-corrected chi connectivity index (χ1v) is 12.5. The maximum absolute atomic E-state index is 14.5. The van der Waals surface area contributed by atoms with Gasteiger partial charge < -0.3 is 20.2 Å². The highest BCUT2D eigenvalue weighted by atomic mass is 19.1. The number of amides is 1. The molecule has 2 atom stereocenters. The fourth-order valence-electron chi connectivity index (χ4n) is 4.95. The largest absolute Gasteiger partial charge is 0.411 e. The predicted molar refractivity (Wildman–Crippen MR) is 137 cm³/mol. The summed E-state index contributed by atoms with van der Waals surface area (Å²) < 4.78 is 20.4. The molecule has 0 radical (unpaired) electrons. The van der Waals surface area contributed by atoms with Gasteiger partial charge in [-0.05, 0) is 80.3 Å². The van der Waals surface area contributed by atoms with Crippen LogP contribution in [0.25, 0.3) is 0 Å². The van der Waals surface area contributed by atoms with E-state index in [1.54, 1.807) is 12.1 Å². The number of hydrogen-bond acceptors (Lipinski definition) is 5. The van der Waals surface area contributed by atoms with Crippen molar-refractivity contribution in [1.82, 2.24) is 0 Å². The lowest BCUT2D eigenvalue weighted by Gasteiger charge is -2.34. The van der Waals surface area contributed by atoms with Crippen molar-refractivity contribution in [3.05, 3.63) is 58.9 Å².